The molecule has 2 fully saturated rings. The van der Waals surface area contributed by atoms with Gasteiger partial charge in [0.25, 0.3) is 5.91 Å². The van der Waals surface area contributed by atoms with E-state index >= 15 is 0 Å². The van der Waals surface area contributed by atoms with Crippen molar-refractivity contribution in [2.75, 3.05) is 11.9 Å². The Hall–Kier alpha value is -2.63. The molecule has 3 atom stereocenters. The molecule has 2 aromatic rings. The first kappa shape index (κ1) is 20.6. The zero-order valence-corrected chi connectivity index (χ0v) is 18.1. The standard InChI is InChI=1S/C24H31N3O3/c1-24(2,3)20-14-21(27(26-20)19-7-5-4-6-8-19)25-22(28)15-30-23(29)13-18-12-16-9-10-17(18)11-16/h4-8,14,16-18H,9-13,15H2,1-3H3,(H,25,28)/t16-,17-,18-/m0/s1. The molecule has 1 amide bonds. The predicted octanol–water partition coefficient (Wildman–Crippen LogP) is 4.48. The van der Waals surface area contributed by atoms with Crippen LogP contribution in [-0.4, -0.2) is 28.3 Å². The van der Waals surface area contributed by atoms with Gasteiger partial charge < -0.3 is 10.1 Å². The highest BCUT2D eigenvalue weighted by atomic mass is 16.5. The quantitative estimate of drug-likeness (QED) is 0.714. The zero-order valence-electron chi connectivity index (χ0n) is 18.1. The summed E-state index contributed by atoms with van der Waals surface area (Å²) in [5.74, 6) is 1.86. The van der Waals surface area contributed by atoms with Crippen LogP contribution >= 0.6 is 0 Å². The lowest BCUT2D eigenvalue weighted by molar-refractivity contribution is -0.148. The van der Waals surface area contributed by atoms with Crippen LogP contribution in [-0.2, 0) is 19.7 Å². The number of ether oxygens (including phenoxy) is 1. The summed E-state index contributed by atoms with van der Waals surface area (Å²) in [6.45, 7) is 5.96. The number of carbonyl (C=O) groups is 2. The Balaban J connectivity index is 1.37. The Bertz CT molecular complexity index is 914. The monoisotopic (exact) mass is 409 g/mol. The lowest BCUT2D eigenvalue weighted by Crippen LogP contribution is -2.24. The van der Waals surface area contributed by atoms with Gasteiger partial charge in [0, 0.05) is 17.9 Å². The van der Waals surface area contributed by atoms with Gasteiger partial charge in [-0.15, -0.1) is 0 Å². The fourth-order valence-corrected chi connectivity index (χ4v) is 4.83. The molecule has 6 nitrogen and oxygen atoms in total. The normalized spacial score (nSPS) is 22.8. The number of nitrogens with one attached hydrogen (secondary N) is 1. The van der Waals surface area contributed by atoms with Gasteiger partial charge in [-0.2, -0.15) is 5.10 Å². The molecule has 2 bridgehead atoms. The van der Waals surface area contributed by atoms with Gasteiger partial charge >= 0.3 is 5.97 Å². The number of fused-ring (bicyclic) bond motifs is 2. The molecule has 2 saturated carbocycles. The molecular formula is C24H31N3O3. The van der Waals surface area contributed by atoms with Crippen molar-refractivity contribution in [1.82, 2.24) is 9.78 Å². The van der Waals surface area contributed by atoms with Crippen LogP contribution in [0.15, 0.2) is 36.4 Å². The number of anilines is 1. The van der Waals surface area contributed by atoms with Gasteiger partial charge in [-0.1, -0.05) is 45.4 Å². The maximum Gasteiger partial charge on any atom is 0.306 e. The van der Waals surface area contributed by atoms with Gasteiger partial charge in [0.05, 0.1) is 11.4 Å². The van der Waals surface area contributed by atoms with Crippen LogP contribution < -0.4 is 5.32 Å². The number of nitrogens with zero attached hydrogens (tertiary/aromatic N) is 2. The maximum atomic E-state index is 12.5. The number of carbonyl (C=O) groups excluding carboxylic acids is 2. The number of rotatable bonds is 6. The third kappa shape index (κ3) is 4.58. The van der Waals surface area contributed by atoms with Crippen LogP contribution in [0.4, 0.5) is 5.82 Å². The van der Waals surface area contributed by atoms with Crippen molar-refractivity contribution in [1.29, 1.82) is 0 Å². The van der Waals surface area contributed by atoms with E-state index in [2.05, 4.69) is 31.2 Å². The van der Waals surface area contributed by atoms with E-state index in [-0.39, 0.29) is 23.9 Å². The van der Waals surface area contributed by atoms with Crippen molar-refractivity contribution >= 4 is 17.7 Å². The molecular weight excluding hydrogens is 378 g/mol. The highest BCUT2D eigenvalue weighted by Crippen LogP contribution is 2.49. The Kier molecular flexibility index (Phi) is 5.67. The maximum absolute atomic E-state index is 12.5. The SMILES string of the molecule is CC(C)(C)c1cc(NC(=O)COC(=O)C[C@@H]2C[C@H]3CC[C@H]2C3)n(-c2ccccc2)n1. The predicted molar refractivity (Wildman–Crippen MR) is 115 cm³/mol. The first-order valence-electron chi connectivity index (χ1n) is 10.9. The molecule has 1 heterocycles. The van der Waals surface area contributed by atoms with Gasteiger partial charge in [-0.25, -0.2) is 4.68 Å². The van der Waals surface area contributed by atoms with Crippen LogP contribution in [0, 0.1) is 17.8 Å². The Morgan fingerprint density at radius 2 is 1.93 bits per heavy atom. The van der Waals surface area contributed by atoms with Gasteiger partial charge in [0.1, 0.15) is 5.82 Å². The summed E-state index contributed by atoms with van der Waals surface area (Å²) in [6.07, 6.45) is 5.38. The molecule has 1 aromatic heterocycles. The molecule has 1 aromatic carbocycles. The third-order valence-corrected chi connectivity index (χ3v) is 6.42. The van der Waals surface area contributed by atoms with Crippen molar-refractivity contribution in [3.8, 4) is 5.69 Å². The first-order valence-corrected chi connectivity index (χ1v) is 10.9. The highest BCUT2D eigenvalue weighted by molar-refractivity contribution is 5.92. The van der Waals surface area contributed by atoms with Crippen LogP contribution in [0.2, 0.25) is 0 Å². The Morgan fingerprint density at radius 1 is 1.17 bits per heavy atom. The largest absolute Gasteiger partial charge is 0.456 e. The number of benzene rings is 1. The Labute approximate surface area is 178 Å². The molecule has 0 spiro atoms. The van der Waals surface area contributed by atoms with Gasteiger partial charge in [-0.3, -0.25) is 9.59 Å². The molecule has 160 valence electrons. The minimum absolute atomic E-state index is 0.160. The van der Waals surface area contributed by atoms with Gasteiger partial charge in [0.15, 0.2) is 6.61 Å². The topological polar surface area (TPSA) is 73.2 Å². The first-order chi connectivity index (χ1) is 14.3. The lowest BCUT2D eigenvalue weighted by Gasteiger charge is -2.20. The van der Waals surface area contributed by atoms with Crippen molar-refractivity contribution < 1.29 is 14.3 Å². The van der Waals surface area contributed by atoms with Crippen molar-refractivity contribution in [2.24, 2.45) is 17.8 Å². The van der Waals surface area contributed by atoms with Gasteiger partial charge in [0.2, 0.25) is 0 Å². The fraction of sp³-hybridized carbons (Fsp3) is 0.542. The van der Waals surface area contributed by atoms with Gasteiger partial charge in [-0.05, 0) is 49.1 Å². The summed E-state index contributed by atoms with van der Waals surface area (Å²) >= 11 is 0. The second-order valence-corrected chi connectivity index (χ2v) is 9.76. The van der Waals surface area contributed by atoms with E-state index in [4.69, 9.17) is 4.74 Å². The van der Waals surface area contributed by atoms with E-state index in [1.165, 1.54) is 19.3 Å². The molecule has 2 aliphatic rings. The molecule has 30 heavy (non-hydrogen) atoms. The third-order valence-electron chi connectivity index (χ3n) is 6.42. The fourth-order valence-electron chi connectivity index (χ4n) is 4.83. The zero-order chi connectivity index (χ0) is 21.3. The minimum Gasteiger partial charge on any atom is -0.456 e. The number of hydrogen-bond acceptors (Lipinski definition) is 4. The lowest BCUT2D eigenvalue weighted by atomic mass is 9.86. The summed E-state index contributed by atoms with van der Waals surface area (Å²) in [7, 11) is 0. The smallest absolute Gasteiger partial charge is 0.306 e. The molecule has 2 aliphatic carbocycles. The molecule has 0 aliphatic heterocycles. The molecule has 4 rings (SSSR count). The van der Waals surface area contributed by atoms with Crippen LogP contribution in [0.1, 0.15) is 58.6 Å². The summed E-state index contributed by atoms with van der Waals surface area (Å²) in [4.78, 5) is 24.7. The average molecular weight is 410 g/mol. The Morgan fingerprint density at radius 3 is 2.57 bits per heavy atom. The number of para-hydroxylation sites is 1. The van der Waals surface area contributed by atoms with Crippen molar-refractivity contribution in [2.45, 2.75) is 58.3 Å². The van der Waals surface area contributed by atoms with Crippen molar-refractivity contribution in [3.05, 3.63) is 42.1 Å². The van der Waals surface area contributed by atoms with E-state index in [9.17, 15) is 9.59 Å². The van der Waals surface area contributed by atoms with Crippen LogP contribution in [0.5, 0.6) is 0 Å². The second kappa shape index (κ2) is 8.25. The van der Waals surface area contributed by atoms with E-state index < -0.39 is 0 Å². The molecule has 0 saturated heterocycles. The molecule has 1 N–H and O–H groups in total. The van der Waals surface area contributed by atoms with E-state index in [1.807, 2.05) is 36.4 Å². The summed E-state index contributed by atoms with van der Waals surface area (Å²) in [5, 5.41) is 7.55. The van der Waals surface area contributed by atoms with Crippen LogP contribution in [0.3, 0.4) is 0 Å². The number of hydrogen-bond donors (Lipinski definition) is 1. The van der Waals surface area contributed by atoms with Crippen LogP contribution in [0.25, 0.3) is 5.69 Å². The number of esters is 1. The second-order valence-electron chi connectivity index (χ2n) is 9.76. The number of amides is 1. The summed E-state index contributed by atoms with van der Waals surface area (Å²) < 4.78 is 7.00. The average Bonchev–Trinajstić information content (AvgIpc) is 3.42. The highest BCUT2D eigenvalue weighted by Gasteiger charge is 2.40. The van der Waals surface area contributed by atoms with Crippen molar-refractivity contribution in [3.63, 3.8) is 0 Å². The minimum atomic E-state index is -0.353. The van der Waals surface area contributed by atoms with E-state index in [0.29, 0.717) is 24.1 Å². The van der Waals surface area contributed by atoms with E-state index in [0.717, 1.165) is 23.7 Å². The number of aromatic nitrogens is 2. The van der Waals surface area contributed by atoms with E-state index in [1.54, 1.807) is 4.68 Å². The summed E-state index contributed by atoms with van der Waals surface area (Å²) in [5.41, 5.74) is 1.57. The molecule has 0 radical (unpaired) electrons. The summed E-state index contributed by atoms with van der Waals surface area (Å²) in [6, 6.07) is 11.5. The molecule has 0 unspecified atom stereocenters. The molecule has 6 heteroatoms.